The summed E-state index contributed by atoms with van der Waals surface area (Å²) in [6, 6.07) is 4.16. The van der Waals surface area contributed by atoms with E-state index < -0.39 is 28.3 Å². The molecule has 0 N–H and O–H groups in total. The van der Waals surface area contributed by atoms with Gasteiger partial charge in [0.1, 0.15) is 0 Å². The van der Waals surface area contributed by atoms with E-state index in [1.165, 1.54) is 17.0 Å². The fraction of sp³-hybridized carbons (Fsp3) is 0.467. The molecule has 132 valence electrons. The molecule has 1 aliphatic rings. The van der Waals surface area contributed by atoms with Gasteiger partial charge in [0.2, 0.25) is 0 Å². The summed E-state index contributed by atoms with van der Waals surface area (Å²) in [5, 5.41) is 0.273. The summed E-state index contributed by atoms with van der Waals surface area (Å²) in [5.41, 5.74) is 0.0726. The minimum Gasteiger partial charge on any atom is -0.452 e. The summed E-state index contributed by atoms with van der Waals surface area (Å²) in [6.45, 7) is 1.61. The van der Waals surface area contributed by atoms with Crippen LogP contribution in [-0.2, 0) is 19.4 Å². The van der Waals surface area contributed by atoms with Crippen LogP contribution in [0.2, 0.25) is 10.0 Å². The molecule has 0 radical (unpaired) electrons. The number of nitrogens with zero attached hydrogens (tertiary/aromatic N) is 1. The normalized spacial score (nSPS) is 19.0. The SMILES string of the molecule is CCN(C(=O)COC(=O)c1cccc(Cl)c1Cl)[C@H]1CCS(=O)(=O)C1. The largest absolute Gasteiger partial charge is 0.452 e. The van der Waals surface area contributed by atoms with E-state index in [2.05, 4.69) is 0 Å². The predicted molar refractivity (Wildman–Crippen MR) is 91.2 cm³/mol. The number of hydrogen-bond acceptors (Lipinski definition) is 5. The number of likely N-dealkylation sites (N-methyl/N-ethyl adjacent to an activating group) is 1. The lowest BCUT2D eigenvalue weighted by Crippen LogP contribution is -2.43. The van der Waals surface area contributed by atoms with E-state index >= 15 is 0 Å². The van der Waals surface area contributed by atoms with Crippen molar-refractivity contribution < 1.29 is 22.7 Å². The lowest BCUT2D eigenvalue weighted by atomic mass is 10.2. The molecule has 1 aliphatic heterocycles. The van der Waals surface area contributed by atoms with Gasteiger partial charge in [0, 0.05) is 12.6 Å². The standard InChI is InChI=1S/C15H17Cl2NO5S/c1-2-18(10-6-7-24(21,22)9-10)13(19)8-23-15(20)11-4-3-5-12(16)14(11)17/h3-5,10H,2,6-9H2,1H3/t10-/m0/s1. The Bertz CT molecular complexity index is 750. The monoisotopic (exact) mass is 393 g/mol. The number of sulfone groups is 1. The molecule has 9 heteroatoms. The highest BCUT2D eigenvalue weighted by atomic mass is 35.5. The van der Waals surface area contributed by atoms with E-state index in [0.717, 1.165) is 0 Å². The van der Waals surface area contributed by atoms with Crippen LogP contribution in [0.1, 0.15) is 23.7 Å². The van der Waals surface area contributed by atoms with E-state index in [1.807, 2.05) is 0 Å². The van der Waals surface area contributed by atoms with Gasteiger partial charge in [-0.2, -0.15) is 0 Å². The quantitative estimate of drug-likeness (QED) is 0.716. The topological polar surface area (TPSA) is 80.8 Å². The molecule has 6 nitrogen and oxygen atoms in total. The van der Waals surface area contributed by atoms with Crippen LogP contribution in [0.4, 0.5) is 0 Å². The van der Waals surface area contributed by atoms with Gasteiger partial charge in [0.15, 0.2) is 16.4 Å². The third-order valence-electron chi connectivity index (χ3n) is 3.81. The maximum atomic E-state index is 12.3. The average Bonchev–Trinajstić information content (AvgIpc) is 2.88. The van der Waals surface area contributed by atoms with Crippen molar-refractivity contribution in [3.8, 4) is 0 Å². The number of halogens is 2. The van der Waals surface area contributed by atoms with Crippen LogP contribution in [-0.4, -0.2) is 55.9 Å². The summed E-state index contributed by atoms with van der Waals surface area (Å²) in [7, 11) is -3.10. The van der Waals surface area contributed by atoms with Gasteiger partial charge in [-0.1, -0.05) is 29.3 Å². The first-order valence-corrected chi connectivity index (χ1v) is 9.94. The van der Waals surface area contributed by atoms with Crippen molar-refractivity contribution in [1.82, 2.24) is 4.90 Å². The molecule has 0 unspecified atom stereocenters. The van der Waals surface area contributed by atoms with Crippen molar-refractivity contribution >= 4 is 44.9 Å². The van der Waals surface area contributed by atoms with Gasteiger partial charge in [-0.15, -0.1) is 0 Å². The summed E-state index contributed by atoms with van der Waals surface area (Å²) in [6.07, 6.45) is 0.399. The highest BCUT2D eigenvalue weighted by Gasteiger charge is 2.34. The van der Waals surface area contributed by atoms with Gasteiger partial charge in [0.25, 0.3) is 5.91 Å². The van der Waals surface area contributed by atoms with E-state index in [1.54, 1.807) is 13.0 Å². The number of carbonyl (C=O) groups excluding carboxylic acids is 2. The average molecular weight is 394 g/mol. The third kappa shape index (κ3) is 4.40. The number of esters is 1. The van der Waals surface area contributed by atoms with Crippen LogP contribution >= 0.6 is 23.2 Å². The Morgan fingerprint density at radius 3 is 2.62 bits per heavy atom. The summed E-state index contributed by atoms with van der Waals surface area (Å²) in [5.74, 6) is -1.18. The molecule has 1 atom stereocenters. The van der Waals surface area contributed by atoms with E-state index in [4.69, 9.17) is 27.9 Å². The number of benzene rings is 1. The minimum atomic E-state index is -3.10. The first-order valence-electron chi connectivity index (χ1n) is 7.36. The number of amides is 1. The van der Waals surface area contributed by atoms with Gasteiger partial charge >= 0.3 is 5.97 Å². The highest BCUT2D eigenvalue weighted by molar-refractivity contribution is 7.91. The fourth-order valence-electron chi connectivity index (χ4n) is 2.61. The minimum absolute atomic E-state index is 0.0549. The predicted octanol–water partition coefficient (Wildman–Crippen LogP) is 2.19. The van der Waals surface area contributed by atoms with Gasteiger partial charge in [0.05, 0.1) is 27.1 Å². The molecule has 1 aromatic rings. The zero-order valence-electron chi connectivity index (χ0n) is 13.0. The second-order valence-electron chi connectivity index (χ2n) is 5.41. The van der Waals surface area contributed by atoms with Crippen LogP contribution < -0.4 is 0 Å². The van der Waals surface area contributed by atoms with Crippen LogP contribution in [0.15, 0.2) is 18.2 Å². The Hall–Kier alpha value is -1.31. The Kier molecular flexibility index (Phi) is 6.11. The van der Waals surface area contributed by atoms with Gasteiger partial charge < -0.3 is 9.64 Å². The molecule has 1 saturated heterocycles. The van der Waals surface area contributed by atoms with Gasteiger partial charge in [-0.05, 0) is 25.5 Å². The second kappa shape index (κ2) is 7.72. The summed E-state index contributed by atoms with van der Waals surface area (Å²) >= 11 is 11.8. The zero-order chi connectivity index (χ0) is 17.9. The fourth-order valence-corrected chi connectivity index (χ4v) is 4.72. The zero-order valence-corrected chi connectivity index (χ0v) is 15.3. The molecule has 2 rings (SSSR count). The Morgan fingerprint density at radius 1 is 1.33 bits per heavy atom. The van der Waals surface area contributed by atoms with Crippen molar-refractivity contribution in [3.63, 3.8) is 0 Å². The summed E-state index contributed by atoms with van der Waals surface area (Å²) < 4.78 is 28.1. The van der Waals surface area contributed by atoms with Crippen LogP contribution in [0.25, 0.3) is 0 Å². The highest BCUT2D eigenvalue weighted by Crippen LogP contribution is 2.26. The van der Waals surface area contributed by atoms with Crippen molar-refractivity contribution in [1.29, 1.82) is 0 Å². The summed E-state index contributed by atoms with van der Waals surface area (Å²) in [4.78, 5) is 25.7. The Morgan fingerprint density at radius 2 is 2.04 bits per heavy atom. The Balaban J connectivity index is 1.99. The molecule has 0 spiro atoms. The molecule has 0 aromatic heterocycles. The smallest absolute Gasteiger partial charge is 0.340 e. The molecule has 1 heterocycles. The van der Waals surface area contributed by atoms with Gasteiger partial charge in [-0.3, -0.25) is 4.79 Å². The molecule has 24 heavy (non-hydrogen) atoms. The molecule has 0 aliphatic carbocycles. The van der Waals surface area contributed by atoms with Crippen molar-refractivity contribution in [2.24, 2.45) is 0 Å². The number of carbonyl (C=O) groups is 2. The molecule has 1 fully saturated rings. The number of ether oxygens (including phenoxy) is 1. The maximum absolute atomic E-state index is 12.3. The maximum Gasteiger partial charge on any atom is 0.340 e. The second-order valence-corrected chi connectivity index (χ2v) is 8.43. The lowest BCUT2D eigenvalue weighted by Gasteiger charge is -2.26. The number of rotatable bonds is 5. The molecule has 1 aromatic carbocycles. The van der Waals surface area contributed by atoms with Crippen LogP contribution in [0.3, 0.4) is 0 Å². The van der Waals surface area contributed by atoms with Crippen molar-refractivity contribution in [2.45, 2.75) is 19.4 Å². The van der Waals surface area contributed by atoms with Crippen LogP contribution in [0, 0.1) is 0 Å². The van der Waals surface area contributed by atoms with Crippen molar-refractivity contribution in [3.05, 3.63) is 33.8 Å². The lowest BCUT2D eigenvalue weighted by molar-refractivity contribution is -0.136. The molecule has 0 saturated carbocycles. The first-order chi connectivity index (χ1) is 11.2. The third-order valence-corrected chi connectivity index (χ3v) is 6.38. The van der Waals surface area contributed by atoms with E-state index in [-0.39, 0.29) is 33.2 Å². The van der Waals surface area contributed by atoms with E-state index in [0.29, 0.717) is 13.0 Å². The first kappa shape index (κ1) is 19.0. The van der Waals surface area contributed by atoms with E-state index in [9.17, 15) is 18.0 Å². The molecule has 0 bridgehead atoms. The van der Waals surface area contributed by atoms with Gasteiger partial charge in [-0.25, -0.2) is 13.2 Å². The Labute approximate surface area is 150 Å². The number of hydrogen-bond donors (Lipinski definition) is 0. The molecular weight excluding hydrogens is 377 g/mol. The van der Waals surface area contributed by atoms with Crippen LogP contribution in [0.5, 0.6) is 0 Å². The molecular formula is C15H17Cl2NO5S. The van der Waals surface area contributed by atoms with Crippen molar-refractivity contribution in [2.75, 3.05) is 24.7 Å². The molecule has 1 amide bonds.